The molecule has 2 rings (SSSR count). The number of hydrogen-bond donors (Lipinski definition) is 0. The Morgan fingerprint density at radius 3 is 2.57 bits per heavy atom. The van der Waals surface area contributed by atoms with Crippen molar-refractivity contribution in [1.29, 1.82) is 0 Å². The van der Waals surface area contributed by atoms with Crippen LogP contribution in [0.15, 0.2) is 24.3 Å². The highest BCUT2D eigenvalue weighted by atomic mass is 16.2. The van der Waals surface area contributed by atoms with Gasteiger partial charge in [0.15, 0.2) is 0 Å². The minimum atomic E-state index is -0.468. The maximum atomic E-state index is 11.3. The third kappa shape index (κ3) is 1.35. The molecule has 0 aliphatic carbocycles. The maximum Gasteiger partial charge on any atom is 0.351 e. The number of rotatable bonds is 1. The van der Waals surface area contributed by atoms with Crippen LogP contribution in [-0.4, -0.2) is 18.5 Å². The van der Waals surface area contributed by atoms with E-state index < -0.39 is 6.03 Å². The van der Waals surface area contributed by atoms with Gasteiger partial charge in [-0.1, -0.05) is 18.2 Å². The predicted octanol–water partition coefficient (Wildman–Crippen LogP) is 1.07. The number of anilines is 1. The molecule has 1 fully saturated rings. The van der Waals surface area contributed by atoms with E-state index in [0.717, 1.165) is 11.3 Å². The Morgan fingerprint density at radius 2 is 2.00 bits per heavy atom. The van der Waals surface area contributed by atoms with E-state index >= 15 is 0 Å². The van der Waals surface area contributed by atoms with Crippen molar-refractivity contribution in [1.82, 2.24) is 5.32 Å². The number of nitrogens with zero attached hydrogens (tertiary/aromatic N) is 2. The van der Waals surface area contributed by atoms with Crippen molar-refractivity contribution in [3.63, 3.8) is 0 Å². The molecule has 0 bridgehead atoms. The molecule has 14 heavy (non-hydrogen) atoms. The molecule has 0 unspecified atom stereocenters. The third-order valence-electron chi connectivity index (χ3n) is 2.15. The largest absolute Gasteiger partial charge is 0.351 e. The molecular formula is C10H9N2O2. The molecule has 0 saturated carbocycles. The van der Waals surface area contributed by atoms with E-state index in [2.05, 4.69) is 5.32 Å². The molecule has 71 valence electrons. The number of para-hydroxylation sites is 1. The van der Waals surface area contributed by atoms with Gasteiger partial charge in [-0.3, -0.25) is 9.69 Å². The van der Waals surface area contributed by atoms with E-state index in [0.29, 0.717) is 0 Å². The van der Waals surface area contributed by atoms with Crippen LogP contribution in [0.5, 0.6) is 0 Å². The summed E-state index contributed by atoms with van der Waals surface area (Å²) in [6.07, 6.45) is 0. The average molecular weight is 189 g/mol. The number of aryl methyl sites for hydroxylation is 1. The van der Waals surface area contributed by atoms with E-state index in [-0.39, 0.29) is 12.5 Å². The van der Waals surface area contributed by atoms with Gasteiger partial charge in [0.25, 0.3) is 5.91 Å². The van der Waals surface area contributed by atoms with Crippen molar-refractivity contribution in [2.45, 2.75) is 6.92 Å². The predicted molar refractivity (Wildman–Crippen MR) is 51.1 cm³/mol. The smallest absolute Gasteiger partial charge is 0.283 e. The molecular weight excluding hydrogens is 180 g/mol. The van der Waals surface area contributed by atoms with Gasteiger partial charge in [-0.2, -0.15) is 5.32 Å². The van der Waals surface area contributed by atoms with Gasteiger partial charge >= 0.3 is 6.03 Å². The van der Waals surface area contributed by atoms with Gasteiger partial charge in [-0.05, 0) is 18.6 Å². The second-order valence-electron chi connectivity index (χ2n) is 3.16. The summed E-state index contributed by atoms with van der Waals surface area (Å²) in [7, 11) is 0. The minimum Gasteiger partial charge on any atom is -0.283 e. The molecule has 0 aromatic heterocycles. The number of amides is 3. The molecule has 0 atom stereocenters. The Bertz CT molecular complexity index is 401. The summed E-state index contributed by atoms with van der Waals surface area (Å²) >= 11 is 0. The number of urea groups is 1. The fraction of sp³-hybridized carbons (Fsp3) is 0.200. The lowest BCUT2D eigenvalue weighted by atomic mass is 10.2. The number of benzene rings is 1. The SMILES string of the molecule is Cc1ccccc1N1CC(=O)[N]C1=O. The summed E-state index contributed by atoms with van der Waals surface area (Å²) in [4.78, 5) is 23.6. The molecule has 4 heteroatoms. The Hall–Kier alpha value is -1.84. The van der Waals surface area contributed by atoms with Crippen molar-refractivity contribution in [2.24, 2.45) is 0 Å². The van der Waals surface area contributed by atoms with Crippen molar-refractivity contribution in [3.05, 3.63) is 29.8 Å². The van der Waals surface area contributed by atoms with E-state index in [1.807, 2.05) is 25.1 Å². The van der Waals surface area contributed by atoms with Crippen LogP contribution < -0.4 is 10.2 Å². The second kappa shape index (κ2) is 3.14. The van der Waals surface area contributed by atoms with Gasteiger partial charge in [0.2, 0.25) is 0 Å². The Labute approximate surface area is 81.5 Å². The molecule has 1 aromatic carbocycles. The lowest BCUT2D eigenvalue weighted by Gasteiger charge is -2.14. The number of carbonyl (C=O) groups excluding carboxylic acids is 2. The van der Waals surface area contributed by atoms with Gasteiger partial charge in [-0.15, -0.1) is 0 Å². The molecule has 0 N–H and O–H groups in total. The summed E-state index contributed by atoms with van der Waals surface area (Å²) in [5, 5.41) is 3.34. The summed E-state index contributed by atoms with van der Waals surface area (Å²) in [5.74, 6) is -0.377. The fourth-order valence-corrected chi connectivity index (χ4v) is 1.46. The topological polar surface area (TPSA) is 51.5 Å². The van der Waals surface area contributed by atoms with Crippen molar-refractivity contribution >= 4 is 17.6 Å². The van der Waals surface area contributed by atoms with E-state index in [9.17, 15) is 9.59 Å². The van der Waals surface area contributed by atoms with Crippen LogP contribution in [0.2, 0.25) is 0 Å². The zero-order valence-corrected chi connectivity index (χ0v) is 7.73. The van der Waals surface area contributed by atoms with Crippen LogP contribution in [0.3, 0.4) is 0 Å². The Kier molecular flexibility index (Phi) is 1.96. The second-order valence-corrected chi connectivity index (χ2v) is 3.16. The lowest BCUT2D eigenvalue weighted by molar-refractivity contribution is -0.117. The molecule has 1 heterocycles. The summed E-state index contributed by atoms with van der Waals surface area (Å²) in [5.41, 5.74) is 1.72. The van der Waals surface area contributed by atoms with Gasteiger partial charge < -0.3 is 0 Å². The van der Waals surface area contributed by atoms with Crippen LogP contribution in [-0.2, 0) is 4.79 Å². The Morgan fingerprint density at radius 1 is 1.29 bits per heavy atom. The first-order chi connectivity index (χ1) is 6.68. The summed E-state index contributed by atoms with van der Waals surface area (Å²) in [6.45, 7) is 1.95. The van der Waals surface area contributed by atoms with E-state index in [1.54, 1.807) is 6.07 Å². The van der Waals surface area contributed by atoms with Gasteiger partial charge in [0.1, 0.15) is 6.54 Å². The first kappa shape index (κ1) is 8.74. The lowest BCUT2D eigenvalue weighted by Crippen LogP contribution is -2.25. The van der Waals surface area contributed by atoms with Crippen LogP contribution in [0.25, 0.3) is 0 Å². The first-order valence-electron chi connectivity index (χ1n) is 4.30. The molecule has 1 aromatic rings. The molecule has 3 amide bonds. The van der Waals surface area contributed by atoms with Crippen molar-refractivity contribution < 1.29 is 9.59 Å². The minimum absolute atomic E-state index is 0.0592. The van der Waals surface area contributed by atoms with Crippen LogP contribution in [0.1, 0.15) is 5.56 Å². The zero-order valence-electron chi connectivity index (χ0n) is 7.73. The average Bonchev–Trinajstić information content (AvgIpc) is 2.46. The maximum absolute atomic E-state index is 11.3. The quantitative estimate of drug-likeness (QED) is 0.620. The summed E-state index contributed by atoms with van der Waals surface area (Å²) in [6, 6.07) is 6.95. The Balaban J connectivity index is 2.36. The van der Waals surface area contributed by atoms with Gasteiger partial charge in [-0.25, -0.2) is 4.79 Å². The van der Waals surface area contributed by atoms with Gasteiger partial charge in [0, 0.05) is 5.69 Å². The number of hydrogen-bond acceptors (Lipinski definition) is 2. The van der Waals surface area contributed by atoms with Crippen LogP contribution in [0, 0.1) is 6.92 Å². The standard InChI is InChI=1S/C10H9N2O2/c1-7-4-2-3-5-8(7)12-6-9(13)11-10(12)14/h2-5H,6H2,1H3. The molecule has 0 spiro atoms. The van der Waals surface area contributed by atoms with Crippen LogP contribution >= 0.6 is 0 Å². The first-order valence-corrected chi connectivity index (χ1v) is 4.30. The molecule has 1 aliphatic heterocycles. The highest BCUT2D eigenvalue weighted by molar-refractivity contribution is 6.12. The monoisotopic (exact) mass is 189 g/mol. The van der Waals surface area contributed by atoms with Crippen molar-refractivity contribution in [2.75, 3.05) is 11.4 Å². The number of imide groups is 1. The normalized spacial score (nSPS) is 15.9. The third-order valence-corrected chi connectivity index (χ3v) is 2.15. The van der Waals surface area contributed by atoms with E-state index in [4.69, 9.17) is 0 Å². The van der Waals surface area contributed by atoms with Gasteiger partial charge in [0.05, 0.1) is 0 Å². The molecule has 1 radical (unpaired) electrons. The summed E-state index contributed by atoms with van der Waals surface area (Å²) < 4.78 is 0. The van der Waals surface area contributed by atoms with E-state index in [1.165, 1.54) is 4.90 Å². The molecule has 1 aliphatic rings. The zero-order chi connectivity index (χ0) is 10.1. The highest BCUT2D eigenvalue weighted by Gasteiger charge is 2.30. The fourth-order valence-electron chi connectivity index (χ4n) is 1.46. The van der Waals surface area contributed by atoms with Crippen molar-refractivity contribution in [3.8, 4) is 0 Å². The molecule has 1 saturated heterocycles. The van der Waals surface area contributed by atoms with Crippen LogP contribution in [0.4, 0.5) is 10.5 Å². The molecule has 4 nitrogen and oxygen atoms in total. The highest BCUT2D eigenvalue weighted by Crippen LogP contribution is 2.21. The number of carbonyl (C=O) groups is 2.